The number of rotatable bonds is 2. The van der Waals surface area contributed by atoms with Crippen LogP contribution in [0, 0.1) is 0 Å². The minimum Gasteiger partial charge on any atom is -0.308 e. The van der Waals surface area contributed by atoms with Crippen molar-refractivity contribution in [1.29, 1.82) is 0 Å². The van der Waals surface area contributed by atoms with Gasteiger partial charge in [-0.3, -0.25) is 4.79 Å². The summed E-state index contributed by atoms with van der Waals surface area (Å²) >= 11 is 12.2. The van der Waals surface area contributed by atoms with E-state index in [0.29, 0.717) is 22.3 Å². The van der Waals surface area contributed by atoms with Gasteiger partial charge in [0.15, 0.2) is 0 Å². The monoisotopic (exact) mass is 318 g/mol. The minimum atomic E-state index is -0.0830. The first kappa shape index (κ1) is 14.1. The Kier molecular flexibility index (Phi) is 3.70. The van der Waals surface area contributed by atoms with Crippen molar-refractivity contribution in [2.45, 2.75) is 13.5 Å². The molecule has 0 radical (unpaired) electrons. The molecule has 3 rings (SSSR count). The van der Waals surface area contributed by atoms with Crippen LogP contribution in [0.2, 0.25) is 10.2 Å². The van der Waals surface area contributed by atoms with Gasteiger partial charge in [-0.05, 0) is 25.1 Å². The van der Waals surface area contributed by atoms with Crippen LogP contribution in [0.25, 0.3) is 22.0 Å². The number of fused-ring (bicyclic) bond motifs is 1. The predicted octanol–water partition coefficient (Wildman–Crippen LogP) is 4.39. The third-order valence-electron chi connectivity index (χ3n) is 3.43. The molecule has 0 atom stereocenters. The van der Waals surface area contributed by atoms with Crippen molar-refractivity contribution < 1.29 is 0 Å². The van der Waals surface area contributed by atoms with Crippen LogP contribution >= 0.6 is 23.2 Å². The van der Waals surface area contributed by atoms with Crippen LogP contribution in [0.15, 0.2) is 47.4 Å². The number of benzene rings is 1. The fourth-order valence-electron chi connectivity index (χ4n) is 2.43. The molecule has 0 bridgehead atoms. The van der Waals surface area contributed by atoms with Crippen molar-refractivity contribution in [3.63, 3.8) is 0 Å². The largest absolute Gasteiger partial charge is 0.308 e. The molecule has 21 heavy (non-hydrogen) atoms. The fourth-order valence-corrected chi connectivity index (χ4v) is 2.82. The molecule has 3 aromatic rings. The zero-order valence-electron chi connectivity index (χ0n) is 11.3. The van der Waals surface area contributed by atoms with E-state index in [-0.39, 0.29) is 5.56 Å². The first-order valence-electron chi connectivity index (χ1n) is 6.56. The van der Waals surface area contributed by atoms with Gasteiger partial charge in [-0.1, -0.05) is 41.4 Å². The van der Waals surface area contributed by atoms with E-state index in [4.69, 9.17) is 23.2 Å². The lowest BCUT2D eigenvalue weighted by molar-refractivity contribution is 0.761. The summed E-state index contributed by atoms with van der Waals surface area (Å²) < 4.78 is 1.68. The average molecular weight is 319 g/mol. The van der Waals surface area contributed by atoms with Gasteiger partial charge in [0.05, 0.1) is 5.52 Å². The Hall–Kier alpha value is -1.84. The number of nitrogens with zero attached hydrogens (tertiary/aromatic N) is 2. The maximum Gasteiger partial charge on any atom is 0.258 e. The number of pyridine rings is 2. The number of hydrogen-bond acceptors (Lipinski definition) is 2. The second-order valence-corrected chi connectivity index (χ2v) is 5.45. The molecule has 0 saturated carbocycles. The molecule has 0 saturated heterocycles. The zero-order valence-corrected chi connectivity index (χ0v) is 12.8. The lowest BCUT2D eigenvalue weighted by atomic mass is 10.1. The number of hydrogen-bond donors (Lipinski definition) is 0. The Morgan fingerprint density at radius 3 is 2.62 bits per heavy atom. The van der Waals surface area contributed by atoms with Crippen LogP contribution in [-0.2, 0) is 6.54 Å². The summed E-state index contributed by atoms with van der Waals surface area (Å²) in [5, 5.41) is 1.78. The quantitative estimate of drug-likeness (QED) is 0.657. The lowest BCUT2D eigenvalue weighted by Gasteiger charge is -2.12. The van der Waals surface area contributed by atoms with Crippen molar-refractivity contribution in [3.8, 4) is 11.1 Å². The van der Waals surface area contributed by atoms with Gasteiger partial charge in [-0.25, -0.2) is 4.98 Å². The lowest BCUT2D eigenvalue weighted by Crippen LogP contribution is -2.21. The van der Waals surface area contributed by atoms with Crippen molar-refractivity contribution in [3.05, 3.63) is 63.1 Å². The van der Waals surface area contributed by atoms with Gasteiger partial charge in [0.25, 0.3) is 5.56 Å². The highest BCUT2D eigenvalue weighted by molar-refractivity contribution is 6.33. The van der Waals surface area contributed by atoms with E-state index in [9.17, 15) is 4.79 Å². The van der Waals surface area contributed by atoms with Gasteiger partial charge >= 0.3 is 0 Å². The molecule has 106 valence electrons. The predicted molar refractivity (Wildman–Crippen MR) is 87.1 cm³/mol. The summed E-state index contributed by atoms with van der Waals surface area (Å²) in [5.41, 5.74) is 1.99. The first-order chi connectivity index (χ1) is 10.1. The van der Waals surface area contributed by atoms with E-state index in [1.807, 2.05) is 31.2 Å². The van der Waals surface area contributed by atoms with Gasteiger partial charge in [0, 0.05) is 34.3 Å². The molecule has 0 aliphatic heterocycles. The topological polar surface area (TPSA) is 34.9 Å². The third kappa shape index (κ3) is 2.43. The molecular formula is C16H12Cl2N2O. The van der Waals surface area contributed by atoms with Crippen molar-refractivity contribution in [2.75, 3.05) is 0 Å². The molecule has 0 aliphatic rings. The maximum atomic E-state index is 12.7. The number of halogens is 2. The zero-order chi connectivity index (χ0) is 15.0. The molecule has 0 amide bonds. The van der Waals surface area contributed by atoms with Crippen LogP contribution in [0.5, 0.6) is 0 Å². The van der Waals surface area contributed by atoms with Crippen molar-refractivity contribution >= 4 is 34.1 Å². The van der Waals surface area contributed by atoms with Crippen molar-refractivity contribution in [2.24, 2.45) is 0 Å². The summed E-state index contributed by atoms with van der Waals surface area (Å²) in [4.78, 5) is 16.8. The van der Waals surface area contributed by atoms with Crippen LogP contribution < -0.4 is 5.56 Å². The van der Waals surface area contributed by atoms with Gasteiger partial charge in [-0.15, -0.1) is 0 Å². The SMILES string of the molecule is CCn1c(=O)c(-c2ccccc2Cl)cc2cnc(Cl)cc21. The van der Waals surface area contributed by atoms with Crippen LogP contribution in [-0.4, -0.2) is 9.55 Å². The highest BCUT2D eigenvalue weighted by Gasteiger charge is 2.13. The second-order valence-electron chi connectivity index (χ2n) is 4.65. The summed E-state index contributed by atoms with van der Waals surface area (Å²) in [6.45, 7) is 2.47. The van der Waals surface area contributed by atoms with Gasteiger partial charge in [0.2, 0.25) is 0 Å². The molecule has 3 nitrogen and oxygen atoms in total. The van der Waals surface area contributed by atoms with Crippen LogP contribution in [0.3, 0.4) is 0 Å². The van der Waals surface area contributed by atoms with Gasteiger partial charge in [-0.2, -0.15) is 0 Å². The molecule has 0 aliphatic carbocycles. The number of aromatic nitrogens is 2. The maximum absolute atomic E-state index is 12.7. The van der Waals surface area contributed by atoms with E-state index in [1.165, 1.54) is 0 Å². The second kappa shape index (κ2) is 5.51. The Labute approximate surface area is 131 Å². The highest BCUT2D eigenvalue weighted by atomic mass is 35.5. The van der Waals surface area contributed by atoms with E-state index in [2.05, 4.69) is 4.98 Å². The number of aryl methyl sites for hydroxylation is 1. The summed E-state index contributed by atoms with van der Waals surface area (Å²) in [7, 11) is 0. The molecule has 1 aromatic carbocycles. The molecule has 0 N–H and O–H groups in total. The molecular weight excluding hydrogens is 307 g/mol. The third-order valence-corrected chi connectivity index (χ3v) is 3.96. The summed E-state index contributed by atoms with van der Waals surface area (Å²) in [6.07, 6.45) is 1.67. The fraction of sp³-hybridized carbons (Fsp3) is 0.125. The van der Waals surface area contributed by atoms with E-state index in [1.54, 1.807) is 22.9 Å². The Morgan fingerprint density at radius 1 is 1.14 bits per heavy atom. The van der Waals surface area contributed by atoms with E-state index in [0.717, 1.165) is 16.5 Å². The molecule has 0 unspecified atom stereocenters. The highest BCUT2D eigenvalue weighted by Crippen LogP contribution is 2.27. The summed E-state index contributed by atoms with van der Waals surface area (Å²) in [6, 6.07) is 10.8. The van der Waals surface area contributed by atoms with E-state index < -0.39 is 0 Å². The standard InChI is InChI=1S/C16H12Cl2N2O/c1-2-20-14-8-15(18)19-9-10(14)7-12(16(20)21)11-5-3-4-6-13(11)17/h3-9H,2H2,1H3. The Balaban J connectivity index is 2.41. The molecule has 0 spiro atoms. The van der Waals surface area contributed by atoms with Gasteiger partial charge < -0.3 is 4.57 Å². The Morgan fingerprint density at radius 2 is 1.90 bits per heavy atom. The van der Waals surface area contributed by atoms with Crippen LogP contribution in [0.1, 0.15) is 6.92 Å². The molecule has 5 heteroatoms. The smallest absolute Gasteiger partial charge is 0.258 e. The average Bonchev–Trinajstić information content (AvgIpc) is 2.48. The normalized spacial score (nSPS) is 11.0. The van der Waals surface area contributed by atoms with E-state index >= 15 is 0 Å². The molecule has 2 aromatic heterocycles. The summed E-state index contributed by atoms with van der Waals surface area (Å²) in [5.74, 6) is 0. The molecule has 2 heterocycles. The first-order valence-corrected chi connectivity index (χ1v) is 7.31. The minimum absolute atomic E-state index is 0.0830. The van der Waals surface area contributed by atoms with Crippen molar-refractivity contribution in [1.82, 2.24) is 9.55 Å². The Bertz CT molecular complexity index is 887. The van der Waals surface area contributed by atoms with Gasteiger partial charge in [0.1, 0.15) is 5.15 Å². The molecule has 0 fully saturated rings. The van der Waals surface area contributed by atoms with Crippen LogP contribution in [0.4, 0.5) is 0 Å².